The zero-order valence-corrected chi connectivity index (χ0v) is 19.0. The van der Waals surface area contributed by atoms with Crippen LogP contribution >= 0.6 is 24.0 Å². The number of amides is 1. The van der Waals surface area contributed by atoms with Crippen LogP contribution in [0.25, 0.3) is 0 Å². The van der Waals surface area contributed by atoms with Crippen LogP contribution in [0.15, 0.2) is 29.3 Å². The summed E-state index contributed by atoms with van der Waals surface area (Å²) in [5.41, 5.74) is 1.98. The van der Waals surface area contributed by atoms with Crippen LogP contribution in [0.4, 0.5) is 5.69 Å². The minimum Gasteiger partial charge on any atom is -0.376 e. The number of carbonyl (C=O) groups is 1. The quantitative estimate of drug-likeness (QED) is 0.317. The van der Waals surface area contributed by atoms with E-state index in [-0.39, 0.29) is 41.9 Å². The molecular weight excluding hydrogens is 467 g/mol. The average Bonchev–Trinajstić information content (AvgIpc) is 3.23. The van der Waals surface area contributed by atoms with Gasteiger partial charge in [-0.2, -0.15) is 0 Å². The van der Waals surface area contributed by atoms with Crippen LogP contribution in [0.1, 0.15) is 50.5 Å². The maximum absolute atomic E-state index is 12.4. The molecule has 1 unspecified atom stereocenters. The van der Waals surface area contributed by atoms with Crippen molar-refractivity contribution >= 4 is 41.5 Å². The maximum Gasteiger partial charge on any atom is 0.227 e. The van der Waals surface area contributed by atoms with Gasteiger partial charge in [0.15, 0.2) is 5.96 Å². The highest BCUT2D eigenvalue weighted by atomic mass is 127. The molecule has 0 aromatic heterocycles. The molecule has 28 heavy (non-hydrogen) atoms. The molecular formula is C21H33IN4O2. The summed E-state index contributed by atoms with van der Waals surface area (Å²) < 4.78 is 5.63. The van der Waals surface area contributed by atoms with Gasteiger partial charge in [0, 0.05) is 38.3 Å². The van der Waals surface area contributed by atoms with E-state index in [0.29, 0.717) is 6.54 Å². The molecule has 1 aliphatic heterocycles. The molecule has 1 saturated heterocycles. The molecule has 2 aliphatic rings. The van der Waals surface area contributed by atoms with E-state index in [1.165, 1.54) is 19.3 Å². The third-order valence-electron chi connectivity index (χ3n) is 5.38. The highest BCUT2D eigenvalue weighted by molar-refractivity contribution is 14.0. The second-order valence-electron chi connectivity index (χ2n) is 7.47. The predicted octanol–water partition coefficient (Wildman–Crippen LogP) is 3.67. The van der Waals surface area contributed by atoms with Crippen molar-refractivity contribution in [1.29, 1.82) is 0 Å². The summed E-state index contributed by atoms with van der Waals surface area (Å²) in [5.74, 6) is 1.09. The number of aliphatic imine (C=N–C) groups is 1. The second-order valence-corrected chi connectivity index (χ2v) is 7.47. The number of rotatable bonds is 6. The van der Waals surface area contributed by atoms with Gasteiger partial charge in [-0.3, -0.25) is 9.79 Å². The first-order valence-electron chi connectivity index (χ1n) is 10.2. The number of hydrogen-bond acceptors (Lipinski definition) is 3. The number of nitrogens with zero attached hydrogens (tertiary/aromatic N) is 1. The second kappa shape index (κ2) is 12.3. The van der Waals surface area contributed by atoms with E-state index in [9.17, 15) is 4.79 Å². The Kier molecular flexibility index (Phi) is 10.0. The van der Waals surface area contributed by atoms with Gasteiger partial charge in [0.05, 0.1) is 6.10 Å². The molecule has 1 aromatic rings. The van der Waals surface area contributed by atoms with Gasteiger partial charge in [-0.1, -0.05) is 31.4 Å². The van der Waals surface area contributed by atoms with Gasteiger partial charge in [-0.15, -0.1) is 24.0 Å². The Labute approximate surface area is 185 Å². The molecule has 156 valence electrons. The van der Waals surface area contributed by atoms with Crippen molar-refractivity contribution in [2.24, 2.45) is 10.9 Å². The van der Waals surface area contributed by atoms with Crippen molar-refractivity contribution in [3.63, 3.8) is 0 Å². The normalized spacial score (nSPS) is 20.3. The van der Waals surface area contributed by atoms with Crippen molar-refractivity contribution in [1.82, 2.24) is 10.6 Å². The SMILES string of the molecule is CN=C(NCc1cccc(NC(=O)C2CCCCC2)c1)NCC1CCCO1.I. The number of nitrogens with one attached hydrogen (secondary N) is 3. The number of guanidine groups is 1. The van der Waals surface area contributed by atoms with E-state index in [1.807, 2.05) is 18.2 Å². The third-order valence-corrected chi connectivity index (χ3v) is 5.38. The molecule has 1 atom stereocenters. The van der Waals surface area contributed by atoms with Gasteiger partial charge in [0.2, 0.25) is 5.91 Å². The molecule has 1 aliphatic carbocycles. The van der Waals surface area contributed by atoms with Crippen LogP contribution in [-0.4, -0.2) is 38.2 Å². The van der Waals surface area contributed by atoms with E-state index in [1.54, 1.807) is 7.05 Å². The highest BCUT2D eigenvalue weighted by Crippen LogP contribution is 2.25. The lowest BCUT2D eigenvalue weighted by molar-refractivity contribution is -0.120. The summed E-state index contributed by atoms with van der Waals surface area (Å²) in [4.78, 5) is 16.7. The van der Waals surface area contributed by atoms with Crippen molar-refractivity contribution in [2.75, 3.05) is 25.5 Å². The Morgan fingerprint density at radius 2 is 1.96 bits per heavy atom. The Morgan fingerprint density at radius 1 is 1.14 bits per heavy atom. The average molecular weight is 500 g/mol. The number of ether oxygens (including phenoxy) is 1. The topological polar surface area (TPSA) is 74.8 Å². The molecule has 2 fully saturated rings. The lowest BCUT2D eigenvalue weighted by Gasteiger charge is -2.21. The standard InChI is InChI=1S/C21H32N4O2.HI/c1-22-21(24-15-19-11-6-12-27-19)23-14-16-7-5-10-18(13-16)25-20(26)17-8-3-2-4-9-17;/h5,7,10,13,17,19H,2-4,6,8-9,11-12,14-15H2,1H3,(H,25,26)(H2,22,23,24);1H. The molecule has 1 aromatic carbocycles. The van der Waals surface area contributed by atoms with Crippen LogP contribution in [0.3, 0.4) is 0 Å². The number of benzene rings is 1. The summed E-state index contributed by atoms with van der Waals surface area (Å²) >= 11 is 0. The predicted molar refractivity (Wildman–Crippen MR) is 124 cm³/mol. The van der Waals surface area contributed by atoms with E-state index in [4.69, 9.17) is 4.74 Å². The van der Waals surface area contributed by atoms with E-state index < -0.39 is 0 Å². The minimum atomic E-state index is 0. The maximum atomic E-state index is 12.4. The van der Waals surface area contributed by atoms with Crippen molar-refractivity contribution < 1.29 is 9.53 Å². The Balaban J connectivity index is 0.00000280. The smallest absolute Gasteiger partial charge is 0.227 e. The molecule has 1 saturated carbocycles. The van der Waals surface area contributed by atoms with Crippen LogP contribution in [0.2, 0.25) is 0 Å². The molecule has 1 amide bonds. The zero-order chi connectivity index (χ0) is 18.9. The first kappa shape index (κ1) is 22.9. The minimum absolute atomic E-state index is 0. The van der Waals surface area contributed by atoms with Gasteiger partial charge in [0.1, 0.15) is 0 Å². The highest BCUT2D eigenvalue weighted by Gasteiger charge is 2.21. The summed E-state index contributed by atoms with van der Waals surface area (Å²) in [6.07, 6.45) is 8.14. The van der Waals surface area contributed by atoms with Gasteiger partial charge < -0.3 is 20.7 Å². The van der Waals surface area contributed by atoms with Crippen LogP contribution < -0.4 is 16.0 Å². The van der Waals surface area contributed by atoms with Gasteiger partial charge >= 0.3 is 0 Å². The van der Waals surface area contributed by atoms with E-state index in [2.05, 4.69) is 27.0 Å². The molecule has 3 N–H and O–H groups in total. The lowest BCUT2D eigenvalue weighted by Crippen LogP contribution is -2.40. The van der Waals surface area contributed by atoms with E-state index >= 15 is 0 Å². The van der Waals surface area contributed by atoms with Crippen LogP contribution in [0, 0.1) is 5.92 Å². The number of hydrogen-bond donors (Lipinski definition) is 3. The fraction of sp³-hybridized carbons (Fsp3) is 0.619. The van der Waals surface area contributed by atoms with E-state index in [0.717, 1.165) is 56.0 Å². The summed E-state index contributed by atoms with van der Waals surface area (Å²) in [5, 5.41) is 9.73. The third kappa shape index (κ3) is 7.24. The number of carbonyl (C=O) groups excluding carboxylic acids is 1. The van der Waals surface area contributed by atoms with Gasteiger partial charge in [0.25, 0.3) is 0 Å². The lowest BCUT2D eigenvalue weighted by atomic mass is 9.88. The van der Waals surface area contributed by atoms with Crippen molar-refractivity contribution in [2.45, 2.75) is 57.6 Å². The monoisotopic (exact) mass is 500 g/mol. The summed E-state index contributed by atoms with van der Waals surface area (Å²) in [6, 6.07) is 8.02. The fourth-order valence-electron chi connectivity index (χ4n) is 3.79. The Morgan fingerprint density at radius 3 is 2.68 bits per heavy atom. The summed E-state index contributed by atoms with van der Waals surface area (Å²) in [6.45, 7) is 2.28. The molecule has 6 nitrogen and oxygen atoms in total. The molecule has 1 heterocycles. The molecule has 0 bridgehead atoms. The largest absolute Gasteiger partial charge is 0.376 e. The van der Waals surface area contributed by atoms with Crippen LogP contribution in [0.5, 0.6) is 0 Å². The van der Waals surface area contributed by atoms with Crippen LogP contribution in [-0.2, 0) is 16.1 Å². The first-order chi connectivity index (χ1) is 13.2. The van der Waals surface area contributed by atoms with Gasteiger partial charge in [-0.05, 0) is 43.4 Å². The van der Waals surface area contributed by atoms with Crippen molar-refractivity contribution in [3.05, 3.63) is 29.8 Å². The summed E-state index contributed by atoms with van der Waals surface area (Å²) in [7, 11) is 1.77. The Bertz CT molecular complexity index is 641. The molecule has 0 radical (unpaired) electrons. The molecule has 7 heteroatoms. The first-order valence-corrected chi connectivity index (χ1v) is 10.2. The molecule has 3 rings (SSSR count). The van der Waals surface area contributed by atoms with Crippen molar-refractivity contribution in [3.8, 4) is 0 Å². The number of anilines is 1. The molecule has 0 spiro atoms. The van der Waals surface area contributed by atoms with Gasteiger partial charge in [-0.25, -0.2) is 0 Å². The Hall–Kier alpha value is -1.35. The zero-order valence-electron chi connectivity index (χ0n) is 16.7. The number of halogens is 1. The fourth-order valence-corrected chi connectivity index (χ4v) is 3.79.